The standard InChI is InChI=1S/C20H22ClNO4/c1-24-16-9-10-17(19(12-16)25-2)18-4-3-11-22(18)20(23)13-26-15-7-5-14(21)6-8-15/h5-10,12,18H,3-4,11,13H2,1-2H3/t18-/m0/s1. The largest absolute Gasteiger partial charge is 0.497 e. The molecule has 1 saturated heterocycles. The third-order valence-electron chi connectivity index (χ3n) is 4.55. The lowest BCUT2D eigenvalue weighted by molar-refractivity contribution is -0.134. The second-order valence-electron chi connectivity index (χ2n) is 6.10. The Hall–Kier alpha value is -2.40. The van der Waals surface area contributed by atoms with Crippen LogP contribution in [-0.2, 0) is 4.79 Å². The second kappa shape index (κ2) is 8.32. The number of hydrogen-bond acceptors (Lipinski definition) is 4. The lowest BCUT2D eigenvalue weighted by atomic mass is 10.0. The molecule has 138 valence electrons. The fourth-order valence-electron chi connectivity index (χ4n) is 3.24. The Kier molecular flexibility index (Phi) is 5.89. The summed E-state index contributed by atoms with van der Waals surface area (Å²) in [6, 6.07) is 12.7. The predicted molar refractivity (Wildman–Crippen MR) is 100 cm³/mol. The Morgan fingerprint density at radius 2 is 1.85 bits per heavy atom. The van der Waals surface area contributed by atoms with Gasteiger partial charge < -0.3 is 19.1 Å². The van der Waals surface area contributed by atoms with Crippen LogP contribution in [0.25, 0.3) is 0 Å². The molecule has 0 aliphatic carbocycles. The number of methoxy groups -OCH3 is 2. The SMILES string of the molecule is COc1ccc([C@@H]2CCCN2C(=O)COc2ccc(Cl)cc2)c(OC)c1. The first-order valence-electron chi connectivity index (χ1n) is 8.52. The van der Waals surface area contributed by atoms with E-state index < -0.39 is 0 Å². The summed E-state index contributed by atoms with van der Waals surface area (Å²) in [7, 11) is 3.25. The summed E-state index contributed by atoms with van der Waals surface area (Å²) in [4.78, 5) is 14.6. The molecule has 0 bridgehead atoms. The molecule has 0 aromatic heterocycles. The third kappa shape index (κ3) is 4.05. The van der Waals surface area contributed by atoms with Crippen molar-refractivity contribution >= 4 is 17.5 Å². The number of halogens is 1. The van der Waals surface area contributed by atoms with Crippen LogP contribution < -0.4 is 14.2 Å². The maximum Gasteiger partial charge on any atom is 0.261 e. The molecule has 6 heteroatoms. The van der Waals surface area contributed by atoms with E-state index in [0.717, 1.165) is 29.9 Å². The summed E-state index contributed by atoms with van der Waals surface area (Å²) in [6.07, 6.45) is 1.85. The quantitative estimate of drug-likeness (QED) is 0.762. The fourth-order valence-corrected chi connectivity index (χ4v) is 3.37. The highest BCUT2D eigenvalue weighted by molar-refractivity contribution is 6.30. The minimum absolute atomic E-state index is 0.00337. The molecule has 1 fully saturated rings. The average molecular weight is 376 g/mol. The molecule has 5 nitrogen and oxygen atoms in total. The maximum absolute atomic E-state index is 12.7. The highest BCUT2D eigenvalue weighted by Crippen LogP contribution is 2.38. The molecule has 1 aliphatic rings. The van der Waals surface area contributed by atoms with Crippen molar-refractivity contribution in [1.82, 2.24) is 4.90 Å². The van der Waals surface area contributed by atoms with E-state index in [1.54, 1.807) is 38.5 Å². The molecule has 1 aliphatic heterocycles. The summed E-state index contributed by atoms with van der Waals surface area (Å²) >= 11 is 5.86. The number of ether oxygens (including phenoxy) is 3. The summed E-state index contributed by atoms with van der Waals surface area (Å²) in [5, 5.41) is 0.634. The van der Waals surface area contributed by atoms with E-state index in [9.17, 15) is 4.79 Å². The molecule has 3 rings (SSSR count). The number of hydrogen-bond donors (Lipinski definition) is 0. The molecule has 0 spiro atoms. The highest BCUT2D eigenvalue weighted by Gasteiger charge is 2.32. The van der Waals surface area contributed by atoms with Crippen LogP contribution >= 0.6 is 11.6 Å². The molecule has 2 aromatic rings. The molecule has 0 radical (unpaired) electrons. The molecule has 0 saturated carbocycles. The van der Waals surface area contributed by atoms with Gasteiger partial charge in [-0.05, 0) is 49.2 Å². The molecule has 2 aromatic carbocycles. The van der Waals surface area contributed by atoms with Gasteiger partial charge in [0, 0.05) is 23.2 Å². The van der Waals surface area contributed by atoms with Gasteiger partial charge >= 0.3 is 0 Å². The minimum atomic E-state index is -0.0414. The molecule has 0 N–H and O–H groups in total. The number of carbonyl (C=O) groups excluding carboxylic acids is 1. The first-order valence-corrected chi connectivity index (χ1v) is 8.90. The van der Waals surface area contributed by atoms with Gasteiger partial charge in [0.25, 0.3) is 5.91 Å². The Morgan fingerprint density at radius 3 is 2.54 bits per heavy atom. The molecular formula is C20H22ClNO4. The zero-order chi connectivity index (χ0) is 18.5. The summed E-state index contributed by atoms with van der Waals surface area (Å²) in [5.41, 5.74) is 0.991. The first-order chi connectivity index (χ1) is 12.6. The van der Waals surface area contributed by atoms with Crippen LogP contribution in [-0.4, -0.2) is 38.2 Å². The van der Waals surface area contributed by atoms with Crippen LogP contribution in [0.1, 0.15) is 24.4 Å². The van der Waals surface area contributed by atoms with Crippen molar-refractivity contribution in [3.8, 4) is 17.2 Å². The van der Waals surface area contributed by atoms with Crippen molar-refractivity contribution < 1.29 is 19.0 Å². The van der Waals surface area contributed by atoms with Crippen LogP contribution in [0.15, 0.2) is 42.5 Å². The topological polar surface area (TPSA) is 48.0 Å². The number of likely N-dealkylation sites (tertiary alicyclic amines) is 1. The molecule has 1 amide bonds. The van der Waals surface area contributed by atoms with E-state index in [1.807, 2.05) is 23.1 Å². The first kappa shape index (κ1) is 18.4. The van der Waals surface area contributed by atoms with E-state index in [4.69, 9.17) is 25.8 Å². The van der Waals surface area contributed by atoms with E-state index in [0.29, 0.717) is 17.3 Å². The lowest BCUT2D eigenvalue weighted by Gasteiger charge is -2.26. The summed E-state index contributed by atoms with van der Waals surface area (Å²) in [6.45, 7) is 0.708. The maximum atomic E-state index is 12.7. The molecule has 1 atom stereocenters. The summed E-state index contributed by atoms with van der Waals surface area (Å²) in [5.74, 6) is 2.04. The normalized spacial score (nSPS) is 16.4. The number of amides is 1. The number of nitrogens with zero attached hydrogens (tertiary/aromatic N) is 1. The van der Waals surface area contributed by atoms with Gasteiger partial charge in [0.1, 0.15) is 17.2 Å². The van der Waals surface area contributed by atoms with Crippen molar-refractivity contribution in [3.63, 3.8) is 0 Å². The van der Waals surface area contributed by atoms with Gasteiger partial charge in [0.2, 0.25) is 0 Å². The minimum Gasteiger partial charge on any atom is -0.497 e. The van der Waals surface area contributed by atoms with Crippen molar-refractivity contribution in [2.45, 2.75) is 18.9 Å². The second-order valence-corrected chi connectivity index (χ2v) is 6.53. The fraction of sp³-hybridized carbons (Fsp3) is 0.350. The van der Waals surface area contributed by atoms with Gasteiger partial charge in [0.05, 0.1) is 20.3 Å². The van der Waals surface area contributed by atoms with Gasteiger partial charge in [-0.1, -0.05) is 11.6 Å². The molecule has 0 unspecified atom stereocenters. The van der Waals surface area contributed by atoms with Crippen molar-refractivity contribution in [3.05, 3.63) is 53.1 Å². The van der Waals surface area contributed by atoms with Crippen LogP contribution in [0.2, 0.25) is 5.02 Å². The smallest absolute Gasteiger partial charge is 0.261 e. The highest BCUT2D eigenvalue weighted by atomic mass is 35.5. The number of rotatable bonds is 6. The van der Waals surface area contributed by atoms with Crippen molar-refractivity contribution in [1.29, 1.82) is 0 Å². The number of carbonyl (C=O) groups is 1. The van der Waals surface area contributed by atoms with Crippen LogP contribution in [0.4, 0.5) is 0 Å². The van der Waals surface area contributed by atoms with Crippen LogP contribution in [0, 0.1) is 0 Å². The Labute approximate surface area is 158 Å². The molecule has 26 heavy (non-hydrogen) atoms. The van der Waals surface area contributed by atoms with Crippen molar-refractivity contribution in [2.75, 3.05) is 27.4 Å². The van der Waals surface area contributed by atoms with E-state index in [2.05, 4.69) is 0 Å². The summed E-state index contributed by atoms with van der Waals surface area (Å²) < 4.78 is 16.4. The van der Waals surface area contributed by atoms with E-state index in [-0.39, 0.29) is 18.6 Å². The van der Waals surface area contributed by atoms with E-state index >= 15 is 0 Å². The number of benzene rings is 2. The van der Waals surface area contributed by atoms with Crippen LogP contribution in [0.5, 0.6) is 17.2 Å². The van der Waals surface area contributed by atoms with Gasteiger partial charge in [-0.15, -0.1) is 0 Å². The zero-order valence-corrected chi connectivity index (χ0v) is 15.7. The predicted octanol–water partition coefficient (Wildman–Crippen LogP) is 4.10. The Morgan fingerprint density at radius 1 is 1.12 bits per heavy atom. The molecular weight excluding hydrogens is 354 g/mol. The Bertz CT molecular complexity index is 763. The van der Waals surface area contributed by atoms with Gasteiger partial charge in [-0.25, -0.2) is 0 Å². The average Bonchev–Trinajstić information content (AvgIpc) is 3.16. The zero-order valence-electron chi connectivity index (χ0n) is 14.9. The monoisotopic (exact) mass is 375 g/mol. The van der Waals surface area contributed by atoms with Crippen LogP contribution in [0.3, 0.4) is 0 Å². The van der Waals surface area contributed by atoms with Gasteiger partial charge in [-0.2, -0.15) is 0 Å². The van der Waals surface area contributed by atoms with Crippen molar-refractivity contribution in [2.24, 2.45) is 0 Å². The Balaban J connectivity index is 1.71. The lowest BCUT2D eigenvalue weighted by Crippen LogP contribution is -2.34. The van der Waals surface area contributed by atoms with Gasteiger partial charge in [-0.3, -0.25) is 4.79 Å². The third-order valence-corrected chi connectivity index (χ3v) is 4.80. The van der Waals surface area contributed by atoms with E-state index in [1.165, 1.54) is 0 Å². The van der Waals surface area contributed by atoms with Gasteiger partial charge in [0.15, 0.2) is 6.61 Å². The molecule has 1 heterocycles.